The molecular weight excluding hydrogens is 480 g/mol. The smallest absolute Gasteiger partial charge is 0.338 e. The van der Waals surface area contributed by atoms with Crippen LogP contribution in [0.25, 0.3) is 0 Å². The summed E-state index contributed by atoms with van der Waals surface area (Å²) in [5.74, 6) is 0.552. The summed E-state index contributed by atoms with van der Waals surface area (Å²) in [6.07, 6.45) is 2.48. The molecule has 2 aromatic rings. The first kappa shape index (κ1) is 25.3. The average Bonchev–Trinajstić information content (AvgIpc) is 3.29. The van der Waals surface area contributed by atoms with Gasteiger partial charge in [-0.3, -0.25) is 9.78 Å². The summed E-state index contributed by atoms with van der Waals surface area (Å²) in [6.45, 7) is 2.25. The van der Waals surface area contributed by atoms with Gasteiger partial charge in [0, 0.05) is 36.1 Å². The van der Waals surface area contributed by atoms with Gasteiger partial charge in [0.15, 0.2) is 5.17 Å². The molecule has 0 fully saturated rings. The third kappa shape index (κ3) is 5.23. The fraction of sp³-hybridized carbons (Fsp3) is 0.308. The molecule has 1 N–H and O–H groups in total. The van der Waals surface area contributed by atoms with Crippen LogP contribution in [0.3, 0.4) is 0 Å². The lowest BCUT2D eigenvalue weighted by Gasteiger charge is -2.36. The lowest BCUT2D eigenvalue weighted by molar-refractivity contribution is -0.136. The fourth-order valence-corrected chi connectivity index (χ4v) is 5.16. The van der Waals surface area contributed by atoms with E-state index in [-0.39, 0.29) is 12.3 Å². The number of ether oxygens (including phenoxy) is 3. The Morgan fingerprint density at radius 3 is 2.67 bits per heavy atom. The summed E-state index contributed by atoms with van der Waals surface area (Å²) in [6, 6.07) is 10.5. The summed E-state index contributed by atoms with van der Waals surface area (Å²) < 4.78 is 16.2. The molecule has 0 saturated heterocycles. The number of allylic oxidation sites excluding steroid dienone is 1. The van der Waals surface area contributed by atoms with Gasteiger partial charge in [0.25, 0.3) is 0 Å². The van der Waals surface area contributed by atoms with Gasteiger partial charge in [0.2, 0.25) is 5.91 Å². The van der Waals surface area contributed by atoms with Gasteiger partial charge in [-0.2, -0.15) is 0 Å². The molecule has 3 heterocycles. The van der Waals surface area contributed by atoms with E-state index in [1.165, 1.54) is 18.9 Å². The van der Waals surface area contributed by atoms with Crippen molar-refractivity contribution in [1.29, 1.82) is 0 Å². The van der Waals surface area contributed by atoms with E-state index in [4.69, 9.17) is 14.2 Å². The molecule has 2 aliphatic heterocycles. The van der Waals surface area contributed by atoms with Gasteiger partial charge in [-0.1, -0.05) is 17.8 Å². The average molecular weight is 509 g/mol. The number of aliphatic imine (C=N–C) groups is 1. The number of rotatable bonds is 9. The number of benzene rings is 1. The molecule has 1 aromatic heterocycles. The summed E-state index contributed by atoms with van der Waals surface area (Å²) in [5, 5.41) is 5.52. The van der Waals surface area contributed by atoms with Crippen molar-refractivity contribution in [2.75, 3.05) is 27.9 Å². The second kappa shape index (κ2) is 11.3. The number of pyridine rings is 1. The lowest BCUT2D eigenvalue weighted by Crippen LogP contribution is -2.38. The standard InChI is InChI=1S/C26H28N4O5S/c1-16-23(25(32)35-4)24(20-14-19(33-2)8-9-21(20)34-3)30-18(15-36-26(30)29-16)13-22(31)28-12-10-17-7-5-6-11-27-17/h5-9,11,14-15,24H,10,12-13H2,1-4H3,(H,28,31). The Hall–Kier alpha value is -3.79. The van der Waals surface area contributed by atoms with Gasteiger partial charge in [0.1, 0.15) is 11.5 Å². The Bertz CT molecular complexity index is 1240. The summed E-state index contributed by atoms with van der Waals surface area (Å²) in [4.78, 5) is 36.7. The van der Waals surface area contributed by atoms with Crippen LogP contribution in [0.4, 0.5) is 0 Å². The van der Waals surface area contributed by atoms with Gasteiger partial charge in [-0.05, 0) is 42.7 Å². The van der Waals surface area contributed by atoms with E-state index in [0.717, 1.165) is 11.4 Å². The molecular formula is C26H28N4O5S. The molecule has 1 atom stereocenters. The number of aromatic nitrogens is 1. The van der Waals surface area contributed by atoms with Crippen LogP contribution in [0.1, 0.15) is 30.6 Å². The summed E-state index contributed by atoms with van der Waals surface area (Å²) >= 11 is 1.41. The Balaban J connectivity index is 1.62. The fourth-order valence-electron chi connectivity index (χ4n) is 4.19. The molecule has 0 aliphatic carbocycles. The van der Waals surface area contributed by atoms with Crippen LogP contribution in [-0.4, -0.2) is 54.8 Å². The molecule has 1 aromatic carbocycles. The van der Waals surface area contributed by atoms with E-state index in [0.29, 0.717) is 46.5 Å². The highest BCUT2D eigenvalue weighted by atomic mass is 32.2. The van der Waals surface area contributed by atoms with E-state index < -0.39 is 12.0 Å². The van der Waals surface area contributed by atoms with E-state index >= 15 is 0 Å². The number of carbonyl (C=O) groups excluding carboxylic acids is 2. The van der Waals surface area contributed by atoms with Crippen LogP contribution in [0.5, 0.6) is 11.5 Å². The van der Waals surface area contributed by atoms with Gasteiger partial charge in [-0.25, -0.2) is 9.79 Å². The summed E-state index contributed by atoms with van der Waals surface area (Å²) in [7, 11) is 4.49. The molecule has 0 saturated carbocycles. The molecule has 0 radical (unpaired) electrons. The number of amides is 1. The van der Waals surface area contributed by atoms with Crippen molar-refractivity contribution in [3.8, 4) is 11.5 Å². The van der Waals surface area contributed by atoms with E-state index in [9.17, 15) is 9.59 Å². The highest BCUT2D eigenvalue weighted by molar-refractivity contribution is 8.16. The first-order chi connectivity index (χ1) is 17.5. The minimum absolute atomic E-state index is 0.116. The molecule has 0 bridgehead atoms. The highest BCUT2D eigenvalue weighted by Crippen LogP contribution is 2.47. The third-order valence-corrected chi connectivity index (χ3v) is 6.80. The van der Waals surface area contributed by atoms with Crippen molar-refractivity contribution in [2.45, 2.75) is 25.8 Å². The Morgan fingerprint density at radius 1 is 1.14 bits per heavy atom. The van der Waals surface area contributed by atoms with Crippen molar-refractivity contribution >= 4 is 28.8 Å². The SMILES string of the molecule is COC(=O)C1=C(C)N=C2SC=C(CC(=O)NCCc3ccccn3)N2C1c1cc(OC)ccc1OC. The van der Waals surface area contributed by atoms with Crippen LogP contribution in [0.2, 0.25) is 0 Å². The Labute approximate surface area is 214 Å². The number of hydrogen-bond donors (Lipinski definition) is 1. The van der Waals surface area contributed by atoms with Crippen molar-refractivity contribution in [2.24, 2.45) is 4.99 Å². The largest absolute Gasteiger partial charge is 0.497 e. The van der Waals surface area contributed by atoms with Gasteiger partial charge in [0.05, 0.1) is 45.1 Å². The van der Waals surface area contributed by atoms with Crippen LogP contribution >= 0.6 is 11.8 Å². The van der Waals surface area contributed by atoms with Crippen LogP contribution < -0.4 is 14.8 Å². The number of thioether (sulfide) groups is 1. The van der Waals surface area contributed by atoms with Crippen LogP contribution in [0.15, 0.2) is 70.0 Å². The number of methoxy groups -OCH3 is 3. The molecule has 36 heavy (non-hydrogen) atoms. The minimum Gasteiger partial charge on any atom is -0.497 e. The van der Waals surface area contributed by atoms with E-state index in [1.54, 1.807) is 39.5 Å². The summed E-state index contributed by atoms with van der Waals surface area (Å²) in [5.41, 5.74) is 3.25. The van der Waals surface area contributed by atoms with Crippen LogP contribution in [-0.2, 0) is 20.7 Å². The topological polar surface area (TPSA) is 102 Å². The van der Waals surface area contributed by atoms with Gasteiger partial charge >= 0.3 is 5.97 Å². The Morgan fingerprint density at radius 2 is 1.97 bits per heavy atom. The predicted octanol–water partition coefficient (Wildman–Crippen LogP) is 3.60. The number of esters is 1. The highest BCUT2D eigenvalue weighted by Gasteiger charge is 2.42. The zero-order valence-corrected chi connectivity index (χ0v) is 21.4. The molecule has 1 unspecified atom stereocenters. The molecule has 9 nitrogen and oxygen atoms in total. The number of fused-ring (bicyclic) bond motifs is 1. The van der Waals surface area contributed by atoms with Gasteiger partial charge < -0.3 is 24.4 Å². The normalized spacial score (nSPS) is 16.7. The number of nitrogens with zero attached hydrogens (tertiary/aromatic N) is 3. The number of carbonyl (C=O) groups is 2. The molecule has 0 spiro atoms. The quantitative estimate of drug-likeness (QED) is 0.513. The second-order valence-electron chi connectivity index (χ2n) is 8.09. The molecule has 188 valence electrons. The maximum atomic E-state index is 12.9. The number of amidine groups is 1. The first-order valence-corrected chi connectivity index (χ1v) is 12.3. The number of nitrogens with one attached hydrogen (secondary N) is 1. The van der Waals surface area contributed by atoms with Crippen molar-refractivity contribution in [3.63, 3.8) is 0 Å². The molecule has 10 heteroatoms. The number of hydrogen-bond acceptors (Lipinski definition) is 9. The zero-order valence-electron chi connectivity index (χ0n) is 20.6. The maximum Gasteiger partial charge on any atom is 0.338 e. The van der Waals surface area contributed by atoms with E-state index in [1.807, 2.05) is 34.6 Å². The van der Waals surface area contributed by atoms with Crippen LogP contribution in [0, 0.1) is 0 Å². The van der Waals surface area contributed by atoms with E-state index in [2.05, 4.69) is 15.3 Å². The van der Waals surface area contributed by atoms with Crippen molar-refractivity contribution < 1.29 is 23.8 Å². The van der Waals surface area contributed by atoms with Crippen molar-refractivity contribution in [3.05, 3.63) is 76.2 Å². The minimum atomic E-state index is -0.613. The van der Waals surface area contributed by atoms with Gasteiger partial charge in [-0.15, -0.1) is 0 Å². The molecule has 1 amide bonds. The first-order valence-electron chi connectivity index (χ1n) is 11.4. The zero-order chi connectivity index (χ0) is 25.7. The lowest BCUT2D eigenvalue weighted by atomic mass is 9.93. The van der Waals surface area contributed by atoms with Crippen molar-refractivity contribution in [1.82, 2.24) is 15.2 Å². The predicted molar refractivity (Wildman–Crippen MR) is 138 cm³/mol. The maximum absolute atomic E-state index is 12.9. The molecule has 2 aliphatic rings. The molecule has 4 rings (SSSR count). The third-order valence-electron chi connectivity index (χ3n) is 5.91. The Kier molecular flexibility index (Phi) is 7.94. The second-order valence-corrected chi connectivity index (χ2v) is 8.93. The monoisotopic (exact) mass is 508 g/mol.